The van der Waals surface area contributed by atoms with Gasteiger partial charge in [-0.2, -0.15) is 4.98 Å². The van der Waals surface area contributed by atoms with Crippen molar-refractivity contribution in [2.24, 2.45) is 0 Å². The SMILES string of the molecule is Nc1nc(S)c2ncn([C@@H]3O[C@H](CO)[C@@H](O)C3(O)O)c2n1. The number of imidazole rings is 1. The lowest BCUT2D eigenvalue weighted by molar-refractivity contribution is -0.247. The predicted octanol–water partition coefficient (Wildman–Crippen LogP) is -2.37. The molecule has 1 fully saturated rings. The first kappa shape index (κ1) is 14.4. The van der Waals surface area contributed by atoms with Gasteiger partial charge in [-0.3, -0.25) is 4.57 Å². The van der Waals surface area contributed by atoms with Crippen molar-refractivity contribution in [1.82, 2.24) is 19.5 Å². The van der Waals surface area contributed by atoms with E-state index in [4.69, 9.17) is 15.6 Å². The summed E-state index contributed by atoms with van der Waals surface area (Å²) in [4.78, 5) is 11.8. The van der Waals surface area contributed by atoms with Crippen LogP contribution in [-0.2, 0) is 4.74 Å². The summed E-state index contributed by atoms with van der Waals surface area (Å²) in [5, 5.41) is 39.1. The van der Waals surface area contributed by atoms with Gasteiger partial charge in [-0.1, -0.05) is 0 Å². The number of aliphatic hydroxyl groups excluding tert-OH is 2. The fourth-order valence-corrected chi connectivity index (χ4v) is 2.52. The molecule has 0 saturated carbocycles. The van der Waals surface area contributed by atoms with Crippen molar-refractivity contribution in [3.05, 3.63) is 6.33 Å². The summed E-state index contributed by atoms with van der Waals surface area (Å²) in [6.45, 7) is -0.581. The number of rotatable bonds is 2. The Kier molecular flexibility index (Phi) is 3.27. The topological polar surface area (TPSA) is 160 Å². The maximum Gasteiger partial charge on any atom is 0.239 e. The van der Waals surface area contributed by atoms with E-state index in [1.54, 1.807) is 0 Å². The van der Waals surface area contributed by atoms with Gasteiger partial charge in [0.05, 0.1) is 12.9 Å². The van der Waals surface area contributed by atoms with Crippen molar-refractivity contribution >= 4 is 29.7 Å². The monoisotopic (exact) mass is 315 g/mol. The minimum Gasteiger partial charge on any atom is -0.394 e. The maximum atomic E-state index is 10.0. The second-order valence-electron chi connectivity index (χ2n) is 4.67. The van der Waals surface area contributed by atoms with E-state index >= 15 is 0 Å². The molecule has 11 heteroatoms. The molecule has 3 rings (SSSR count). The molecule has 0 spiro atoms. The zero-order valence-electron chi connectivity index (χ0n) is 10.5. The van der Waals surface area contributed by atoms with Gasteiger partial charge in [-0.15, -0.1) is 12.6 Å². The van der Waals surface area contributed by atoms with Crippen LogP contribution >= 0.6 is 12.6 Å². The first-order valence-corrected chi connectivity index (χ1v) is 6.39. The first-order chi connectivity index (χ1) is 9.86. The fraction of sp³-hybridized carbons (Fsp3) is 0.500. The molecule has 0 aromatic carbocycles. The zero-order chi connectivity index (χ0) is 15.4. The van der Waals surface area contributed by atoms with E-state index in [1.807, 2.05) is 0 Å². The van der Waals surface area contributed by atoms with E-state index in [2.05, 4.69) is 27.6 Å². The Morgan fingerprint density at radius 1 is 1.43 bits per heavy atom. The summed E-state index contributed by atoms with van der Waals surface area (Å²) < 4.78 is 6.45. The van der Waals surface area contributed by atoms with Crippen LogP contribution in [0.15, 0.2) is 11.4 Å². The molecule has 10 nitrogen and oxygen atoms in total. The van der Waals surface area contributed by atoms with Crippen molar-refractivity contribution in [3.8, 4) is 0 Å². The highest BCUT2D eigenvalue weighted by Crippen LogP contribution is 2.38. The number of aliphatic hydroxyl groups is 4. The van der Waals surface area contributed by atoms with Gasteiger partial charge in [0.2, 0.25) is 11.7 Å². The molecule has 0 unspecified atom stereocenters. The number of hydrogen-bond acceptors (Lipinski definition) is 10. The van der Waals surface area contributed by atoms with Crippen LogP contribution < -0.4 is 5.73 Å². The Morgan fingerprint density at radius 2 is 2.14 bits per heavy atom. The molecule has 3 atom stereocenters. The molecular formula is C10H13N5O5S. The fourth-order valence-electron chi connectivity index (χ4n) is 2.26. The van der Waals surface area contributed by atoms with Crippen LogP contribution in [0.3, 0.4) is 0 Å². The molecule has 2 aromatic rings. The van der Waals surface area contributed by atoms with Gasteiger partial charge < -0.3 is 30.9 Å². The highest BCUT2D eigenvalue weighted by atomic mass is 32.1. The van der Waals surface area contributed by atoms with Crippen molar-refractivity contribution in [2.75, 3.05) is 12.3 Å². The zero-order valence-corrected chi connectivity index (χ0v) is 11.4. The number of fused-ring (bicyclic) bond motifs is 1. The lowest BCUT2D eigenvalue weighted by Gasteiger charge is -2.25. The molecule has 3 heterocycles. The normalized spacial score (nSPS) is 28.3. The smallest absolute Gasteiger partial charge is 0.239 e. The summed E-state index contributed by atoms with van der Waals surface area (Å²) in [7, 11) is 0. The third kappa shape index (κ3) is 2.06. The van der Waals surface area contributed by atoms with Crippen LogP contribution in [-0.4, -0.2) is 64.5 Å². The number of anilines is 1. The van der Waals surface area contributed by atoms with E-state index in [9.17, 15) is 15.3 Å². The Labute approximate surface area is 123 Å². The predicted molar refractivity (Wildman–Crippen MR) is 71.2 cm³/mol. The van der Waals surface area contributed by atoms with E-state index in [0.29, 0.717) is 0 Å². The Bertz CT molecular complexity index is 692. The average Bonchev–Trinajstić information content (AvgIpc) is 2.91. The molecule has 1 aliphatic heterocycles. The molecule has 114 valence electrons. The lowest BCUT2D eigenvalue weighted by Crippen LogP contribution is -2.46. The van der Waals surface area contributed by atoms with Crippen LogP contribution in [0.4, 0.5) is 5.95 Å². The summed E-state index contributed by atoms with van der Waals surface area (Å²) >= 11 is 4.11. The maximum absolute atomic E-state index is 10.0. The molecule has 0 amide bonds. The van der Waals surface area contributed by atoms with E-state index < -0.39 is 30.8 Å². The second kappa shape index (κ2) is 4.76. The number of nitrogens with zero attached hydrogens (tertiary/aromatic N) is 4. The van der Waals surface area contributed by atoms with Crippen molar-refractivity contribution < 1.29 is 25.2 Å². The van der Waals surface area contributed by atoms with Crippen molar-refractivity contribution in [1.29, 1.82) is 0 Å². The Morgan fingerprint density at radius 3 is 2.76 bits per heavy atom. The van der Waals surface area contributed by atoms with Crippen molar-refractivity contribution in [2.45, 2.75) is 29.2 Å². The lowest BCUT2D eigenvalue weighted by atomic mass is 10.1. The van der Waals surface area contributed by atoms with Gasteiger partial charge in [0.25, 0.3) is 0 Å². The number of nitrogen functional groups attached to an aromatic ring is 1. The number of ether oxygens (including phenoxy) is 1. The van der Waals surface area contributed by atoms with Gasteiger partial charge in [0.1, 0.15) is 22.8 Å². The molecule has 1 saturated heterocycles. The first-order valence-electron chi connectivity index (χ1n) is 5.94. The number of aromatic nitrogens is 4. The van der Waals surface area contributed by atoms with Gasteiger partial charge >= 0.3 is 0 Å². The summed E-state index contributed by atoms with van der Waals surface area (Å²) in [6, 6.07) is 0. The second-order valence-corrected chi connectivity index (χ2v) is 5.09. The Balaban J connectivity index is 2.13. The van der Waals surface area contributed by atoms with E-state index in [1.165, 1.54) is 10.9 Å². The van der Waals surface area contributed by atoms with Gasteiger partial charge in [-0.05, 0) is 0 Å². The van der Waals surface area contributed by atoms with Crippen molar-refractivity contribution in [3.63, 3.8) is 0 Å². The molecule has 0 bridgehead atoms. The molecular weight excluding hydrogens is 302 g/mol. The largest absolute Gasteiger partial charge is 0.394 e. The molecule has 0 radical (unpaired) electrons. The number of nitrogens with two attached hydrogens (primary N) is 1. The van der Waals surface area contributed by atoms with Crippen LogP contribution in [0.5, 0.6) is 0 Å². The third-order valence-electron chi connectivity index (χ3n) is 3.31. The number of hydrogen-bond donors (Lipinski definition) is 6. The van der Waals surface area contributed by atoms with Crippen LogP contribution in [0.2, 0.25) is 0 Å². The highest BCUT2D eigenvalue weighted by molar-refractivity contribution is 7.80. The minimum absolute atomic E-state index is 0.0759. The molecule has 6 N–H and O–H groups in total. The summed E-state index contributed by atoms with van der Waals surface area (Å²) in [6.07, 6.45) is -3.04. The average molecular weight is 315 g/mol. The van der Waals surface area contributed by atoms with Gasteiger partial charge in [0, 0.05) is 0 Å². The van der Waals surface area contributed by atoms with Gasteiger partial charge in [-0.25, -0.2) is 9.97 Å². The van der Waals surface area contributed by atoms with Crippen LogP contribution in [0, 0.1) is 0 Å². The minimum atomic E-state index is -2.63. The molecule has 1 aliphatic rings. The third-order valence-corrected chi connectivity index (χ3v) is 3.62. The number of thiol groups is 1. The molecule has 0 aliphatic carbocycles. The summed E-state index contributed by atoms with van der Waals surface area (Å²) in [5.74, 6) is -2.70. The van der Waals surface area contributed by atoms with Crippen LogP contribution in [0.1, 0.15) is 6.23 Å². The highest BCUT2D eigenvalue weighted by Gasteiger charge is 2.55. The molecule has 21 heavy (non-hydrogen) atoms. The van der Waals surface area contributed by atoms with Crippen LogP contribution in [0.25, 0.3) is 11.2 Å². The summed E-state index contributed by atoms with van der Waals surface area (Å²) in [5.41, 5.74) is 5.98. The molecule has 2 aromatic heterocycles. The quantitative estimate of drug-likeness (QED) is 0.202. The standard InChI is InChI=1S/C10H13N5O5S/c11-9-13-6-4(7(21)14-9)12-2-15(6)8-10(18,19)5(17)3(1-16)20-8/h2-3,5,8,16-19H,1H2,(H3,11,13,14,21)/t3-,5-,8-/m1/s1. The van der Waals surface area contributed by atoms with E-state index in [-0.39, 0.29) is 22.1 Å². The van der Waals surface area contributed by atoms with E-state index in [0.717, 1.165) is 0 Å². The van der Waals surface area contributed by atoms with Gasteiger partial charge in [0.15, 0.2) is 11.9 Å². The Hall–Kier alpha value is -1.50.